The summed E-state index contributed by atoms with van der Waals surface area (Å²) in [6, 6.07) is 14.6. The molecule has 17 heavy (non-hydrogen) atoms. The topological polar surface area (TPSA) is 26.0 Å². The quantitative estimate of drug-likeness (QED) is 0.872. The van der Waals surface area contributed by atoms with E-state index in [1.165, 1.54) is 15.7 Å². The first-order valence-corrected chi connectivity index (χ1v) is 6.80. The maximum absolute atomic E-state index is 6.25. The number of fused-ring (bicyclic) bond motifs is 1. The van der Waals surface area contributed by atoms with Gasteiger partial charge >= 0.3 is 0 Å². The van der Waals surface area contributed by atoms with E-state index in [0.29, 0.717) is 0 Å². The van der Waals surface area contributed by atoms with E-state index in [0.717, 1.165) is 17.0 Å². The molecule has 2 N–H and O–H groups in total. The molecule has 0 bridgehead atoms. The Bertz CT molecular complexity index is 552. The lowest BCUT2D eigenvalue weighted by molar-refractivity contribution is 1.48. The summed E-state index contributed by atoms with van der Waals surface area (Å²) in [5.74, 6) is 1.05. The molecule has 88 valence electrons. The van der Waals surface area contributed by atoms with Crippen LogP contribution >= 0.6 is 11.8 Å². The molecule has 2 heteroatoms. The van der Waals surface area contributed by atoms with Gasteiger partial charge in [-0.2, -0.15) is 0 Å². The minimum Gasteiger partial charge on any atom is -0.398 e. The van der Waals surface area contributed by atoms with Crippen LogP contribution in [0.15, 0.2) is 47.4 Å². The Morgan fingerprint density at radius 2 is 1.82 bits per heavy atom. The van der Waals surface area contributed by atoms with Gasteiger partial charge < -0.3 is 5.73 Å². The van der Waals surface area contributed by atoms with Crippen LogP contribution in [0.2, 0.25) is 0 Å². The average Bonchev–Trinajstić information content (AvgIpc) is 2.37. The monoisotopic (exact) mass is 243 g/mol. The van der Waals surface area contributed by atoms with E-state index >= 15 is 0 Å². The van der Waals surface area contributed by atoms with Crippen LogP contribution in [0.3, 0.4) is 0 Å². The van der Waals surface area contributed by atoms with E-state index in [9.17, 15) is 0 Å². The molecule has 2 rings (SSSR count). The molecule has 2 aromatic carbocycles. The number of benzene rings is 2. The predicted molar refractivity (Wildman–Crippen MR) is 78.9 cm³/mol. The van der Waals surface area contributed by atoms with E-state index in [-0.39, 0.29) is 0 Å². The smallest absolute Gasteiger partial charge is 0.0487 e. The van der Waals surface area contributed by atoms with Crippen molar-refractivity contribution < 1.29 is 0 Å². The van der Waals surface area contributed by atoms with Gasteiger partial charge in [-0.25, -0.2) is 0 Å². The van der Waals surface area contributed by atoms with Crippen molar-refractivity contribution in [2.75, 3.05) is 5.75 Å². The van der Waals surface area contributed by atoms with Gasteiger partial charge in [0.2, 0.25) is 0 Å². The summed E-state index contributed by atoms with van der Waals surface area (Å²) in [6.45, 7) is 4.23. The van der Waals surface area contributed by atoms with Gasteiger partial charge in [0.15, 0.2) is 0 Å². The largest absolute Gasteiger partial charge is 0.398 e. The second-order valence-corrected chi connectivity index (χ2v) is 5.41. The van der Waals surface area contributed by atoms with Crippen LogP contribution in [0.25, 0.3) is 16.5 Å². The van der Waals surface area contributed by atoms with Crippen LogP contribution in [0, 0.1) is 0 Å². The van der Waals surface area contributed by atoms with Crippen molar-refractivity contribution in [2.24, 2.45) is 5.73 Å². The van der Waals surface area contributed by atoms with Crippen molar-refractivity contribution in [3.8, 4) is 0 Å². The highest BCUT2D eigenvalue weighted by Gasteiger charge is 2.05. The van der Waals surface area contributed by atoms with Gasteiger partial charge in [-0.3, -0.25) is 0 Å². The zero-order valence-electron chi connectivity index (χ0n) is 10.2. The zero-order valence-corrected chi connectivity index (χ0v) is 11.1. The summed E-state index contributed by atoms with van der Waals surface area (Å²) in [5.41, 5.74) is 8.29. The molecule has 0 aliphatic carbocycles. The molecule has 0 spiro atoms. The molecule has 0 aliphatic heterocycles. The van der Waals surface area contributed by atoms with E-state index in [4.69, 9.17) is 5.73 Å². The fourth-order valence-electron chi connectivity index (χ4n) is 1.94. The van der Waals surface area contributed by atoms with Crippen molar-refractivity contribution >= 4 is 28.2 Å². The molecule has 0 amide bonds. The Morgan fingerprint density at radius 1 is 1.12 bits per heavy atom. The van der Waals surface area contributed by atoms with Gasteiger partial charge in [0.05, 0.1) is 0 Å². The lowest BCUT2D eigenvalue weighted by atomic mass is 10.0. The molecule has 0 atom stereocenters. The molecule has 0 saturated heterocycles. The molecule has 0 radical (unpaired) electrons. The normalized spacial score (nSPS) is 12.6. The van der Waals surface area contributed by atoms with Gasteiger partial charge in [-0.1, -0.05) is 49.4 Å². The number of allylic oxidation sites excluding steroid dienone is 1. The molecule has 0 heterocycles. The first-order valence-electron chi connectivity index (χ1n) is 5.81. The molecule has 1 nitrogen and oxygen atoms in total. The summed E-state index contributed by atoms with van der Waals surface area (Å²) < 4.78 is 0. The number of hydrogen-bond donors (Lipinski definition) is 1. The molecular formula is C15H17NS. The molecule has 0 aromatic heterocycles. The van der Waals surface area contributed by atoms with E-state index < -0.39 is 0 Å². The van der Waals surface area contributed by atoms with Crippen LogP contribution < -0.4 is 5.73 Å². The SMILES string of the molecule is CCS/C(C)=C(\N)c1cccc2ccccc12. The fourth-order valence-corrected chi connectivity index (χ4v) is 2.64. The molecule has 0 aliphatic rings. The van der Waals surface area contributed by atoms with Crippen molar-refractivity contribution in [1.29, 1.82) is 0 Å². The summed E-state index contributed by atoms with van der Waals surface area (Å²) in [7, 11) is 0. The first-order chi connectivity index (χ1) is 8.24. The van der Waals surface area contributed by atoms with E-state index in [1.807, 2.05) is 0 Å². The maximum Gasteiger partial charge on any atom is 0.0487 e. The molecule has 0 fully saturated rings. The first kappa shape index (κ1) is 12.1. The van der Waals surface area contributed by atoms with Crippen LogP contribution in [-0.4, -0.2) is 5.75 Å². The molecule has 0 saturated carbocycles. The highest BCUT2D eigenvalue weighted by molar-refractivity contribution is 8.03. The second-order valence-electron chi connectivity index (χ2n) is 3.93. The Hall–Kier alpha value is -1.41. The Morgan fingerprint density at radius 3 is 2.59 bits per heavy atom. The Labute approximate surface area is 107 Å². The lowest BCUT2D eigenvalue weighted by Crippen LogP contribution is -1.99. The van der Waals surface area contributed by atoms with Crippen LogP contribution in [-0.2, 0) is 0 Å². The minimum atomic E-state index is 0.897. The lowest BCUT2D eigenvalue weighted by Gasteiger charge is -2.10. The molecular weight excluding hydrogens is 226 g/mol. The highest BCUT2D eigenvalue weighted by atomic mass is 32.2. The number of rotatable bonds is 3. The van der Waals surface area contributed by atoms with Crippen molar-refractivity contribution in [1.82, 2.24) is 0 Å². The van der Waals surface area contributed by atoms with E-state index in [1.54, 1.807) is 11.8 Å². The summed E-state index contributed by atoms with van der Waals surface area (Å²) in [5, 5.41) is 2.46. The van der Waals surface area contributed by atoms with Crippen LogP contribution in [0.5, 0.6) is 0 Å². The maximum atomic E-state index is 6.25. The third-order valence-electron chi connectivity index (χ3n) is 2.82. The number of hydrogen-bond acceptors (Lipinski definition) is 2. The number of nitrogens with two attached hydrogens (primary N) is 1. The van der Waals surface area contributed by atoms with Crippen molar-refractivity contribution in [3.63, 3.8) is 0 Å². The van der Waals surface area contributed by atoms with Gasteiger partial charge in [-0.05, 0) is 23.4 Å². The van der Waals surface area contributed by atoms with Gasteiger partial charge in [0.25, 0.3) is 0 Å². The minimum absolute atomic E-state index is 0.897. The van der Waals surface area contributed by atoms with Gasteiger partial charge in [0, 0.05) is 16.2 Å². The van der Waals surface area contributed by atoms with Crippen LogP contribution in [0.4, 0.5) is 0 Å². The van der Waals surface area contributed by atoms with Gasteiger partial charge in [0.1, 0.15) is 0 Å². The average molecular weight is 243 g/mol. The third kappa shape index (κ3) is 2.47. The predicted octanol–water partition coefficient (Wildman–Crippen LogP) is 4.24. The third-order valence-corrected chi connectivity index (χ3v) is 3.76. The summed E-state index contributed by atoms with van der Waals surface area (Å²) in [6.07, 6.45) is 0. The highest BCUT2D eigenvalue weighted by Crippen LogP contribution is 2.28. The standard InChI is InChI=1S/C15H17NS/c1-3-17-11(2)15(16)14-10-6-8-12-7-4-5-9-13(12)14/h4-10H,3,16H2,1-2H3/b15-11-. The molecule has 0 unspecified atom stereocenters. The van der Waals surface area contributed by atoms with Gasteiger partial charge in [-0.15, -0.1) is 11.8 Å². The zero-order chi connectivity index (χ0) is 12.3. The van der Waals surface area contributed by atoms with Crippen molar-refractivity contribution in [3.05, 3.63) is 52.9 Å². The summed E-state index contributed by atoms with van der Waals surface area (Å²) >= 11 is 1.80. The fraction of sp³-hybridized carbons (Fsp3) is 0.200. The number of thioether (sulfide) groups is 1. The second kappa shape index (κ2) is 5.28. The summed E-state index contributed by atoms with van der Waals surface area (Å²) in [4.78, 5) is 1.20. The molecule has 2 aromatic rings. The van der Waals surface area contributed by atoms with Crippen molar-refractivity contribution in [2.45, 2.75) is 13.8 Å². The van der Waals surface area contributed by atoms with Crippen LogP contribution in [0.1, 0.15) is 19.4 Å². The Kier molecular flexibility index (Phi) is 3.75. The Balaban J connectivity index is 2.59. The van der Waals surface area contributed by atoms with E-state index in [2.05, 4.69) is 56.3 Å².